The Labute approximate surface area is 114 Å². The number of fused-ring (bicyclic) bond motifs is 2. The summed E-state index contributed by atoms with van der Waals surface area (Å²) in [5, 5.41) is 0. The van der Waals surface area contributed by atoms with Gasteiger partial charge in [-0.05, 0) is 24.0 Å². The quantitative estimate of drug-likeness (QED) is 0.681. The normalized spacial score (nSPS) is 37.9. The van der Waals surface area contributed by atoms with E-state index in [-0.39, 0.29) is 12.8 Å². The molecule has 0 radical (unpaired) electrons. The molecule has 1 saturated heterocycles. The van der Waals surface area contributed by atoms with Crippen LogP contribution in [0, 0.1) is 11.3 Å². The van der Waals surface area contributed by atoms with E-state index in [1.807, 2.05) is 12.1 Å². The monoisotopic (exact) mass is 281 g/mol. The standard InChI is InChI=1S/C13H15NO3S.CH4/c15-18(16)12-4-2-1-3-10(12)6-14-7-11-5-13(11,8-14)9-17-18;/h1-4,11H,5-9H2;1H4. The van der Waals surface area contributed by atoms with Gasteiger partial charge in [-0.1, -0.05) is 25.6 Å². The van der Waals surface area contributed by atoms with Gasteiger partial charge < -0.3 is 0 Å². The molecule has 19 heavy (non-hydrogen) atoms. The molecule has 4 nitrogen and oxygen atoms in total. The van der Waals surface area contributed by atoms with Crippen LogP contribution in [0.1, 0.15) is 19.4 Å². The van der Waals surface area contributed by atoms with Crippen LogP contribution in [0.15, 0.2) is 29.2 Å². The zero-order chi connectivity index (χ0) is 12.4. The van der Waals surface area contributed by atoms with Crippen molar-refractivity contribution in [3.63, 3.8) is 0 Å². The van der Waals surface area contributed by atoms with Gasteiger partial charge in [-0.25, -0.2) is 0 Å². The van der Waals surface area contributed by atoms with E-state index in [4.69, 9.17) is 4.18 Å². The van der Waals surface area contributed by atoms with Crippen molar-refractivity contribution < 1.29 is 12.6 Å². The number of rotatable bonds is 0. The maximum absolute atomic E-state index is 12.2. The van der Waals surface area contributed by atoms with Gasteiger partial charge in [0.05, 0.1) is 11.5 Å². The molecular formula is C14H19NO3S. The maximum atomic E-state index is 12.2. The van der Waals surface area contributed by atoms with Crippen molar-refractivity contribution >= 4 is 10.1 Å². The van der Waals surface area contributed by atoms with Crippen molar-refractivity contribution in [1.82, 2.24) is 4.90 Å². The van der Waals surface area contributed by atoms with Crippen LogP contribution in [0.2, 0.25) is 0 Å². The van der Waals surface area contributed by atoms with E-state index in [9.17, 15) is 8.42 Å². The molecule has 3 aliphatic rings. The number of hydrogen-bond acceptors (Lipinski definition) is 4. The SMILES string of the molecule is C.O=S1(=O)OCC23CC2CN(Cc2ccccc21)C3. The Kier molecular flexibility index (Phi) is 2.78. The second kappa shape index (κ2) is 4.04. The van der Waals surface area contributed by atoms with Crippen LogP contribution in [0.3, 0.4) is 0 Å². The van der Waals surface area contributed by atoms with Gasteiger partial charge in [0.2, 0.25) is 0 Å². The molecule has 3 atom stereocenters. The Balaban J connectivity index is 0.00000110. The minimum atomic E-state index is -3.59. The van der Waals surface area contributed by atoms with Crippen molar-refractivity contribution in [1.29, 1.82) is 0 Å². The first-order chi connectivity index (χ1) is 8.59. The fourth-order valence-electron chi connectivity index (χ4n) is 3.43. The Morgan fingerprint density at radius 1 is 1.32 bits per heavy atom. The molecular weight excluding hydrogens is 262 g/mol. The molecule has 2 heterocycles. The molecule has 2 bridgehead atoms. The van der Waals surface area contributed by atoms with Crippen LogP contribution in [-0.2, 0) is 20.8 Å². The summed E-state index contributed by atoms with van der Waals surface area (Å²) in [6.07, 6.45) is 1.12. The molecule has 0 N–H and O–H groups in total. The topological polar surface area (TPSA) is 46.6 Å². The lowest BCUT2D eigenvalue weighted by molar-refractivity contribution is 0.210. The number of hydrogen-bond donors (Lipinski definition) is 0. The highest BCUT2D eigenvalue weighted by molar-refractivity contribution is 7.86. The summed E-state index contributed by atoms with van der Waals surface area (Å²) < 4.78 is 29.7. The molecule has 104 valence electrons. The molecule has 2 aliphatic heterocycles. The highest BCUT2D eigenvalue weighted by atomic mass is 32.2. The Morgan fingerprint density at radius 3 is 2.95 bits per heavy atom. The number of nitrogens with zero attached hydrogens (tertiary/aromatic N) is 1. The molecule has 1 aromatic carbocycles. The zero-order valence-corrected chi connectivity index (χ0v) is 10.8. The molecule has 3 unspecified atom stereocenters. The minimum absolute atomic E-state index is 0. The lowest BCUT2D eigenvalue weighted by Gasteiger charge is -2.19. The van der Waals surface area contributed by atoms with E-state index in [1.54, 1.807) is 12.1 Å². The number of benzene rings is 1. The van der Waals surface area contributed by atoms with Crippen LogP contribution in [0.5, 0.6) is 0 Å². The fourth-order valence-corrected chi connectivity index (χ4v) is 4.64. The lowest BCUT2D eigenvalue weighted by atomic mass is 10.1. The van der Waals surface area contributed by atoms with Gasteiger partial charge in [-0.2, -0.15) is 8.42 Å². The third kappa shape index (κ3) is 1.91. The first-order valence-electron chi connectivity index (χ1n) is 6.29. The van der Waals surface area contributed by atoms with Gasteiger partial charge in [-0.3, -0.25) is 9.08 Å². The first kappa shape index (κ1) is 13.1. The van der Waals surface area contributed by atoms with Gasteiger partial charge in [0.25, 0.3) is 10.1 Å². The molecule has 0 aromatic heterocycles. The van der Waals surface area contributed by atoms with Crippen LogP contribution in [0.25, 0.3) is 0 Å². The van der Waals surface area contributed by atoms with E-state index in [0.717, 1.165) is 31.6 Å². The van der Waals surface area contributed by atoms with Crippen LogP contribution < -0.4 is 0 Å². The fraction of sp³-hybridized carbons (Fsp3) is 0.571. The summed E-state index contributed by atoms with van der Waals surface area (Å²) >= 11 is 0. The summed E-state index contributed by atoms with van der Waals surface area (Å²) in [6, 6.07) is 7.17. The van der Waals surface area contributed by atoms with Crippen LogP contribution in [0.4, 0.5) is 0 Å². The second-order valence-corrected chi connectivity index (χ2v) is 7.34. The van der Waals surface area contributed by atoms with E-state index in [0.29, 0.717) is 17.4 Å². The van der Waals surface area contributed by atoms with Gasteiger partial charge in [0, 0.05) is 25.0 Å². The van der Waals surface area contributed by atoms with Gasteiger partial charge in [-0.15, -0.1) is 0 Å². The average molecular weight is 281 g/mol. The molecule has 0 amide bonds. The molecule has 4 rings (SSSR count). The highest BCUT2D eigenvalue weighted by Gasteiger charge is 2.60. The van der Waals surface area contributed by atoms with Gasteiger partial charge in [0.15, 0.2) is 0 Å². The van der Waals surface area contributed by atoms with Gasteiger partial charge in [0.1, 0.15) is 0 Å². The molecule has 5 heteroatoms. The number of piperidine rings is 1. The van der Waals surface area contributed by atoms with Crippen LogP contribution in [-0.4, -0.2) is 33.0 Å². The van der Waals surface area contributed by atoms with Crippen molar-refractivity contribution in [2.24, 2.45) is 11.3 Å². The summed E-state index contributed by atoms with van der Waals surface area (Å²) in [6.45, 7) is 3.13. The zero-order valence-electron chi connectivity index (χ0n) is 10.0. The highest BCUT2D eigenvalue weighted by Crippen LogP contribution is 2.58. The third-order valence-corrected chi connectivity index (χ3v) is 5.88. The third-order valence-electron chi connectivity index (χ3n) is 4.51. The van der Waals surface area contributed by atoms with Crippen molar-refractivity contribution in [2.45, 2.75) is 25.3 Å². The molecule has 1 aliphatic carbocycles. The predicted octanol–water partition coefficient (Wildman–Crippen LogP) is 1.86. The Bertz CT molecular complexity index is 613. The van der Waals surface area contributed by atoms with Crippen molar-refractivity contribution in [3.8, 4) is 0 Å². The van der Waals surface area contributed by atoms with E-state index in [2.05, 4.69) is 4.90 Å². The van der Waals surface area contributed by atoms with Gasteiger partial charge >= 0.3 is 0 Å². The summed E-state index contributed by atoms with van der Waals surface area (Å²) in [4.78, 5) is 2.70. The van der Waals surface area contributed by atoms with E-state index < -0.39 is 10.1 Å². The predicted molar refractivity (Wildman–Crippen MR) is 72.1 cm³/mol. The van der Waals surface area contributed by atoms with Crippen molar-refractivity contribution in [3.05, 3.63) is 29.8 Å². The second-order valence-electron chi connectivity index (χ2n) is 5.76. The largest absolute Gasteiger partial charge is 0.298 e. The lowest BCUT2D eigenvalue weighted by Crippen LogP contribution is -2.25. The first-order valence-corrected chi connectivity index (χ1v) is 7.70. The molecule has 1 aromatic rings. The Hall–Kier alpha value is -0.910. The average Bonchev–Trinajstić information content (AvgIpc) is 2.89. The minimum Gasteiger partial charge on any atom is -0.298 e. The maximum Gasteiger partial charge on any atom is 0.297 e. The summed E-state index contributed by atoms with van der Waals surface area (Å²) in [5.74, 6) is 0.637. The van der Waals surface area contributed by atoms with Crippen LogP contribution >= 0.6 is 0 Å². The summed E-state index contributed by atoms with van der Waals surface area (Å²) in [7, 11) is -3.59. The Morgan fingerprint density at radius 2 is 2.11 bits per heavy atom. The van der Waals surface area contributed by atoms with Crippen molar-refractivity contribution in [2.75, 3.05) is 19.7 Å². The molecule has 1 saturated carbocycles. The molecule has 2 fully saturated rings. The van der Waals surface area contributed by atoms with E-state index in [1.165, 1.54) is 0 Å². The molecule has 1 spiro atoms. The summed E-state index contributed by atoms with van der Waals surface area (Å²) in [5.41, 5.74) is 0.977. The smallest absolute Gasteiger partial charge is 0.297 e. The van der Waals surface area contributed by atoms with E-state index >= 15 is 0 Å².